The predicted molar refractivity (Wildman–Crippen MR) is 115 cm³/mol. The Morgan fingerprint density at radius 2 is 1.97 bits per heavy atom. The van der Waals surface area contributed by atoms with Crippen molar-refractivity contribution in [2.75, 3.05) is 19.0 Å². The van der Waals surface area contributed by atoms with Gasteiger partial charge in [0.15, 0.2) is 0 Å². The molecular formula is C22H21FN6O2. The number of rotatable bonds is 6. The molecule has 2 amide bonds. The Balaban J connectivity index is 1.50. The summed E-state index contributed by atoms with van der Waals surface area (Å²) in [5.41, 5.74) is 3.30. The maximum atomic E-state index is 13.2. The highest BCUT2D eigenvalue weighted by atomic mass is 19.1. The van der Waals surface area contributed by atoms with Gasteiger partial charge in [-0.2, -0.15) is 5.10 Å². The Morgan fingerprint density at radius 3 is 2.71 bits per heavy atom. The number of pyridine rings is 2. The van der Waals surface area contributed by atoms with Crippen LogP contribution >= 0.6 is 0 Å². The zero-order chi connectivity index (χ0) is 21.8. The first-order valence-electron chi connectivity index (χ1n) is 9.62. The number of hydrogen-bond donors (Lipinski definition) is 2. The van der Waals surface area contributed by atoms with E-state index < -0.39 is 12.1 Å². The summed E-state index contributed by atoms with van der Waals surface area (Å²) in [5.74, 6) is 0.0371. The van der Waals surface area contributed by atoms with Crippen molar-refractivity contribution in [2.45, 2.75) is 13.0 Å². The van der Waals surface area contributed by atoms with Gasteiger partial charge in [-0.25, -0.2) is 18.9 Å². The maximum absolute atomic E-state index is 13.2. The number of nitrogens with zero attached hydrogens (tertiary/aromatic N) is 4. The van der Waals surface area contributed by atoms with Gasteiger partial charge in [-0.1, -0.05) is 12.1 Å². The minimum absolute atomic E-state index is 0.240. The highest BCUT2D eigenvalue weighted by Gasteiger charge is 2.16. The molecule has 0 fully saturated rings. The summed E-state index contributed by atoms with van der Waals surface area (Å²) in [5, 5.41) is 10.8. The first kappa shape index (κ1) is 20.4. The van der Waals surface area contributed by atoms with E-state index in [-0.39, 0.29) is 12.4 Å². The van der Waals surface area contributed by atoms with Crippen LogP contribution in [0.3, 0.4) is 0 Å². The molecule has 1 atom stereocenters. The second-order valence-corrected chi connectivity index (χ2v) is 7.00. The van der Waals surface area contributed by atoms with Crippen molar-refractivity contribution in [3.05, 3.63) is 78.1 Å². The third-order valence-corrected chi connectivity index (χ3v) is 4.73. The summed E-state index contributed by atoms with van der Waals surface area (Å²) < 4.78 is 20.1. The molecule has 31 heavy (non-hydrogen) atoms. The number of hydrogen-bond acceptors (Lipinski definition) is 5. The van der Waals surface area contributed by atoms with Crippen molar-refractivity contribution >= 4 is 22.8 Å². The van der Waals surface area contributed by atoms with E-state index in [1.54, 1.807) is 41.5 Å². The molecule has 0 unspecified atom stereocenters. The van der Waals surface area contributed by atoms with Gasteiger partial charge in [-0.3, -0.25) is 10.3 Å². The van der Waals surface area contributed by atoms with Crippen molar-refractivity contribution in [1.29, 1.82) is 0 Å². The van der Waals surface area contributed by atoms with Crippen LogP contribution in [0.4, 0.5) is 15.0 Å². The molecular weight excluding hydrogens is 399 g/mol. The molecule has 0 spiro atoms. The number of aromatic nitrogens is 4. The number of methoxy groups -OCH3 is 1. The first-order chi connectivity index (χ1) is 15.0. The molecule has 8 nitrogen and oxygen atoms in total. The normalized spacial score (nSPS) is 12.0. The number of fused-ring (bicyclic) bond motifs is 1. The van der Waals surface area contributed by atoms with Crippen LogP contribution in [0.1, 0.15) is 17.3 Å². The molecule has 0 radical (unpaired) electrons. The zero-order valence-electron chi connectivity index (χ0n) is 17.0. The maximum Gasteiger partial charge on any atom is 0.320 e. The van der Waals surface area contributed by atoms with E-state index in [0.29, 0.717) is 5.82 Å². The molecule has 0 saturated carbocycles. The predicted octanol–water partition coefficient (Wildman–Crippen LogP) is 3.77. The van der Waals surface area contributed by atoms with E-state index in [9.17, 15) is 9.18 Å². The fourth-order valence-corrected chi connectivity index (χ4v) is 3.26. The highest BCUT2D eigenvalue weighted by molar-refractivity contribution is 5.91. The Kier molecular flexibility index (Phi) is 5.85. The van der Waals surface area contributed by atoms with E-state index >= 15 is 0 Å². The summed E-state index contributed by atoms with van der Waals surface area (Å²) >= 11 is 0. The first-order valence-corrected chi connectivity index (χ1v) is 9.62. The lowest BCUT2D eigenvalue weighted by Crippen LogP contribution is -2.35. The van der Waals surface area contributed by atoms with Crippen LogP contribution in [0.15, 0.2) is 61.1 Å². The third kappa shape index (κ3) is 4.67. The van der Waals surface area contributed by atoms with Gasteiger partial charge in [0.2, 0.25) is 0 Å². The number of benzene rings is 1. The molecule has 4 aromatic rings. The van der Waals surface area contributed by atoms with Gasteiger partial charge in [0.05, 0.1) is 36.2 Å². The number of halogens is 1. The summed E-state index contributed by atoms with van der Waals surface area (Å²) in [6.07, 6.45) is 5.09. The van der Waals surface area contributed by atoms with Gasteiger partial charge in [0.1, 0.15) is 11.6 Å². The lowest BCUT2D eigenvalue weighted by Gasteiger charge is -2.18. The molecule has 1 aromatic carbocycles. The van der Waals surface area contributed by atoms with E-state index in [1.807, 2.05) is 19.1 Å². The summed E-state index contributed by atoms with van der Waals surface area (Å²) in [6.45, 7) is 2.15. The Morgan fingerprint density at radius 1 is 1.16 bits per heavy atom. The standard InChI is InChI=1S/C22H21FN6O2/c1-14-9-18(7-8-24-14)29-20-12-25-21(10-16(20)11-26-29)28-22(30)27-19(13-31-2)15-3-5-17(23)6-4-15/h3-12,19H,13H2,1-2H3,(H2,25,27,28,30)/t19-/m1/s1. The molecule has 158 valence electrons. The van der Waals surface area contributed by atoms with Crippen LogP contribution in [0, 0.1) is 12.7 Å². The summed E-state index contributed by atoms with van der Waals surface area (Å²) in [7, 11) is 1.54. The topological polar surface area (TPSA) is 94.0 Å². The number of anilines is 1. The van der Waals surface area contributed by atoms with Crippen LogP contribution in [0.5, 0.6) is 0 Å². The van der Waals surface area contributed by atoms with Crippen LogP contribution < -0.4 is 10.6 Å². The van der Waals surface area contributed by atoms with Crippen LogP contribution in [-0.4, -0.2) is 39.5 Å². The Labute approximate surface area is 178 Å². The van der Waals surface area contributed by atoms with Gasteiger partial charge >= 0.3 is 6.03 Å². The van der Waals surface area contributed by atoms with E-state index in [2.05, 4.69) is 25.7 Å². The molecule has 2 N–H and O–H groups in total. The molecule has 0 saturated heterocycles. The van der Waals surface area contributed by atoms with E-state index in [1.165, 1.54) is 19.2 Å². The zero-order valence-corrected chi connectivity index (χ0v) is 17.0. The molecule has 4 rings (SSSR count). The molecule has 0 aliphatic carbocycles. The minimum atomic E-state index is -0.449. The number of carbonyl (C=O) groups excluding carboxylic acids is 1. The van der Waals surface area contributed by atoms with Gasteiger partial charge in [0.25, 0.3) is 0 Å². The fraction of sp³-hybridized carbons (Fsp3) is 0.182. The molecule has 3 heterocycles. The van der Waals surface area contributed by atoms with Crippen molar-refractivity contribution < 1.29 is 13.9 Å². The summed E-state index contributed by atoms with van der Waals surface area (Å²) in [6, 6.07) is 10.6. The summed E-state index contributed by atoms with van der Waals surface area (Å²) in [4.78, 5) is 21.1. The quantitative estimate of drug-likeness (QED) is 0.495. The Hall–Kier alpha value is -3.85. The van der Waals surface area contributed by atoms with Gasteiger partial charge in [-0.05, 0) is 42.8 Å². The molecule has 0 bridgehead atoms. The van der Waals surface area contributed by atoms with Crippen molar-refractivity contribution in [2.24, 2.45) is 0 Å². The lowest BCUT2D eigenvalue weighted by molar-refractivity contribution is 0.168. The molecule has 0 aliphatic heterocycles. The monoisotopic (exact) mass is 420 g/mol. The fourth-order valence-electron chi connectivity index (χ4n) is 3.26. The van der Waals surface area contributed by atoms with Crippen molar-refractivity contribution in [3.63, 3.8) is 0 Å². The average Bonchev–Trinajstić information content (AvgIpc) is 3.17. The van der Waals surface area contributed by atoms with Gasteiger partial charge < -0.3 is 10.1 Å². The number of aryl methyl sites for hydroxylation is 1. The molecule has 9 heteroatoms. The number of urea groups is 1. The second kappa shape index (κ2) is 8.88. The average molecular weight is 420 g/mol. The Bertz CT molecular complexity index is 1210. The highest BCUT2D eigenvalue weighted by Crippen LogP contribution is 2.20. The van der Waals surface area contributed by atoms with Crippen molar-refractivity contribution in [1.82, 2.24) is 25.1 Å². The third-order valence-electron chi connectivity index (χ3n) is 4.73. The van der Waals surface area contributed by atoms with E-state index in [0.717, 1.165) is 27.8 Å². The smallest absolute Gasteiger partial charge is 0.320 e. The van der Waals surface area contributed by atoms with Gasteiger partial charge in [-0.15, -0.1) is 0 Å². The SMILES string of the molecule is COC[C@@H](NC(=O)Nc1cc2cnn(-c3ccnc(C)c3)c2cn1)c1ccc(F)cc1. The van der Waals surface area contributed by atoms with Crippen LogP contribution in [-0.2, 0) is 4.74 Å². The molecule has 3 aromatic heterocycles. The molecule has 0 aliphatic rings. The van der Waals surface area contributed by atoms with Crippen LogP contribution in [0.2, 0.25) is 0 Å². The number of ether oxygens (including phenoxy) is 1. The van der Waals surface area contributed by atoms with Crippen LogP contribution in [0.25, 0.3) is 16.6 Å². The number of amides is 2. The largest absolute Gasteiger partial charge is 0.382 e. The van der Waals surface area contributed by atoms with Crippen molar-refractivity contribution in [3.8, 4) is 5.69 Å². The minimum Gasteiger partial charge on any atom is -0.382 e. The number of carbonyl (C=O) groups is 1. The second-order valence-electron chi connectivity index (χ2n) is 7.00. The van der Waals surface area contributed by atoms with E-state index in [4.69, 9.17) is 4.74 Å². The number of nitrogens with one attached hydrogen (secondary N) is 2. The lowest BCUT2D eigenvalue weighted by atomic mass is 10.1. The van der Waals surface area contributed by atoms with Gasteiger partial charge in [0, 0.05) is 24.4 Å².